The summed E-state index contributed by atoms with van der Waals surface area (Å²) in [6.07, 6.45) is 6.03. The Balaban J connectivity index is 1.56. The number of fused-ring (bicyclic) bond motifs is 1. The van der Waals surface area contributed by atoms with Crippen molar-refractivity contribution in [2.75, 3.05) is 36.7 Å². The highest BCUT2D eigenvalue weighted by molar-refractivity contribution is 7.92. The lowest BCUT2D eigenvalue weighted by molar-refractivity contribution is -0.127. The number of hydrogen-bond acceptors (Lipinski definition) is 5. The van der Waals surface area contributed by atoms with E-state index in [1.54, 1.807) is 12.1 Å². The molecule has 0 bridgehead atoms. The molecule has 3 rings (SSSR count). The Hall–Kier alpha value is -1.51. The summed E-state index contributed by atoms with van der Waals surface area (Å²) < 4.78 is 31.4. The Morgan fingerprint density at radius 3 is 2.86 bits per heavy atom. The minimum absolute atomic E-state index is 0.0674. The van der Waals surface area contributed by atoms with E-state index < -0.39 is 16.1 Å². The van der Waals surface area contributed by atoms with Crippen molar-refractivity contribution in [1.82, 2.24) is 10.2 Å². The fourth-order valence-electron chi connectivity index (χ4n) is 4.10. The predicted octanol–water partition coefficient (Wildman–Crippen LogP) is 2.64. The van der Waals surface area contributed by atoms with Crippen molar-refractivity contribution in [3.63, 3.8) is 0 Å². The summed E-state index contributed by atoms with van der Waals surface area (Å²) in [5, 5.41) is 3.31. The van der Waals surface area contributed by atoms with Crippen LogP contribution in [0.25, 0.3) is 0 Å². The van der Waals surface area contributed by atoms with Crippen molar-refractivity contribution < 1.29 is 17.9 Å². The SMILES string of the molecule is CC[C@@H]1CCCCN1CCCNC(=O)[C@H]1CN(S(C)(=O)=O)c2cc(Cl)ccc2O1. The van der Waals surface area contributed by atoms with Gasteiger partial charge >= 0.3 is 0 Å². The van der Waals surface area contributed by atoms with Crippen LogP contribution in [0.3, 0.4) is 0 Å². The molecule has 1 aromatic rings. The second kappa shape index (κ2) is 9.53. The zero-order valence-corrected chi connectivity index (χ0v) is 18.6. The molecule has 162 valence electrons. The van der Waals surface area contributed by atoms with Gasteiger partial charge in [0, 0.05) is 24.2 Å². The molecular weight excluding hydrogens is 414 g/mol. The molecule has 0 unspecified atom stereocenters. The van der Waals surface area contributed by atoms with Gasteiger partial charge in [-0.25, -0.2) is 8.42 Å². The van der Waals surface area contributed by atoms with Gasteiger partial charge in [0.15, 0.2) is 6.10 Å². The van der Waals surface area contributed by atoms with E-state index in [-0.39, 0.29) is 12.5 Å². The van der Waals surface area contributed by atoms with Crippen molar-refractivity contribution in [2.45, 2.75) is 51.2 Å². The van der Waals surface area contributed by atoms with E-state index in [0.717, 1.165) is 32.2 Å². The molecule has 2 aliphatic rings. The molecule has 2 heterocycles. The Labute approximate surface area is 178 Å². The fourth-order valence-corrected chi connectivity index (χ4v) is 5.17. The molecule has 2 atom stereocenters. The number of likely N-dealkylation sites (tertiary alicyclic amines) is 1. The maximum atomic E-state index is 12.6. The van der Waals surface area contributed by atoms with Gasteiger partial charge in [0.1, 0.15) is 5.75 Å². The molecule has 9 heteroatoms. The van der Waals surface area contributed by atoms with Gasteiger partial charge in [0.2, 0.25) is 10.0 Å². The van der Waals surface area contributed by atoms with Crippen LogP contribution < -0.4 is 14.4 Å². The van der Waals surface area contributed by atoms with Gasteiger partial charge in [0.25, 0.3) is 5.91 Å². The first-order chi connectivity index (χ1) is 13.8. The molecule has 1 saturated heterocycles. The Kier molecular flexibility index (Phi) is 7.29. The number of sulfonamides is 1. The molecule has 2 aliphatic heterocycles. The number of piperidine rings is 1. The van der Waals surface area contributed by atoms with Crippen molar-refractivity contribution >= 4 is 33.2 Å². The third-order valence-corrected chi connectivity index (χ3v) is 7.01. The van der Waals surface area contributed by atoms with Crippen LogP contribution in [0.5, 0.6) is 5.75 Å². The largest absolute Gasteiger partial charge is 0.476 e. The molecule has 1 N–H and O–H groups in total. The number of amides is 1. The molecule has 0 radical (unpaired) electrons. The van der Waals surface area contributed by atoms with Crippen LogP contribution in [0.2, 0.25) is 5.02 Å². The van der Waals surface area contributed by atoms with E-state index in [1.807, 2.05) is 0 Å². The fraction of sp³-hybridized carbons (Fsp3) is 0.650. The van der Waals surface area contributed by atoms with Gasteiger partial charge in [-0.15, -0.1) is 0 Å². The first kappa shape index (κ1) is 22.2. The van der Waals surface area contributed by atoms with Crippen molar-refractivity contribution in [2.24, 2.45) is 0 Å². The van der Waals surface area contributed by atoms with Gasteiger partial charge in [0.05, 0.1) is 18.5 Å². The maximum Gasteiger partial charge on any atom is 0.263 e. The van der Waals surface area contributed by atoms with Crippen LogP contribution in [-0.2, 0) is 14.8 Å². The molecule has 1 aromatic carbocycles. The zero-order valence-electron chi connectivity index (χ0n) is 17.1. The Morgan fingerprint density at radius 2 is 2.14 bits per heavy atom. The van der Waals surface area contributed by atoms with Gasteiger partial charge in [-0.2, -0.15) is 0 Å². The van der Waals surface area contributed by atoms with Gasteiger partial charge in [-0.3, -0.25) is 9.10 Å². The second-order valence-corrected chi connectivity index (χ2v) is 10.1. The normalized spacial score (nSPS) is 22.7. The quantitative estimate of drug-likeness (QED) is 0.655. The Bertz CT molecular complexity index is 833. The number of anilines is 1. The summed E-state index contributed by atoms with van der Waals surface area (Å²) >= 11 is 6.00. The molecule has 1 amide bonds. The highest BCUT2D eigenvalue weighted by Gasteiger charge is 2.35. The highest BCUT2D eigenvalue weighted by atomic mass is 35.5. The standard InChI is InChI=1S/C20H30ClN3O4S/c1-3-16-7-4-5-11-23(16)12-6-10-22-20(25)19-14-24(29(2,26)27)17-13-15(21)8-9-18(17)28-19/h8-9,13,16,19H,3-7,10-12,14H2,1-2H3,(H,22,25)/t16-,19-/m1/s1. The summed E-state index contributed by atoms with van der Waals surface area (Å²) in [4.78, 5) is 15.1. The maximum absolute atomic E-state index is 12.6. The van der Waals surface area contributed by atoms with E-state index in [1.165, 1.54) is 29.6 Å². The topological polar surface area (TPSA) is 79.0 Å². The molecule has 7 nitrogen and oxygen atoms in total. The number of carbonyl (C=O) groups excluding carboxylic acids is 1. The summed E-state index contributed by atoms with van der Waals surface area (Å²) in [5.41, 5.74) is 0.361. The number of halogens is 1. The highest BCUT2D eigenvalue weighted by Crippen LogP contribution is 2.37. The van der Waals surface area contributed by atoms with E-state index >= 15 is 0 Å². The minimum Gasteiger partial charge on any atom is -0.476 e. The molecule has 0 aromatic heterocycles. The second-order valence-electron chi connectivity index (χ2n) is 7.75. The van der Waals surface area contributed by atoms with Gasteiger partial charge in [-0.1, -0.05) is 24.9 Å². The van der Waals surface area contributed by atoms with Crippen LogP contribution in [0.1, 0.15) is 39.0 Å². The average Bonchev–Trinajstić information content (AvgIpc) is 2.69. The summed E-state index contributed by atoms with van der Waals surface area (Å²) in [7, 11) is -3.56. The van der Waals surface area contributed by atoms with Gasteiger partial charge in [-0.05, 0) is 50.4 Å². The molecular formula is C20H30ClN3O4S. The first-order valence-electron chi connectivity index (χ1n) is 10.2. The molecule has 0 spiro atoms. The van der Waals surface area contributed by atoms with Crippen molar-refractivity contribution in [3.05, 3.63) is 23.2 Å². The van der Waals surface area contributed by atoms with Crippen molar-refractivity contribution in [3.8, 4) is 5.75 Å². The minimum atomic E-state index is -3.56. The van der Waals surface area contributed by atoms with E-state index in [9.17, 15) is 13.2 Å². The van der Waals surface area contributed by atoms with Crippen LogP contribution in [0.4, 0.5) is 5.69 Å². The lowest BCUT2D eigenvalue weighted by atomic mass is 10.00. The van der Waals surface area contributed by atoms with Crippen molar-refractivity contribution in [1.29, 1.82) is 0 Å². The van der Waals surface area contributed by atoms with Crippen LogP contribution >= 0.6 is 11.6 Å². The zero-order chi connectivity index (χ0) is 21.0. The van der Waals surface area contributed by atoms with Crippen LogP contribution in [0.15, 0.2) is 18.2 Å². The molecule has 0 aliphatic carbocycles. The number of nitrogens with one attached hydrogen (secondary N) is 1. The summed E-state index contributed by atoms with van der Waals surface area (Å²) in [6, 6.07) is 5.39. The monoisotopic (exact) mass is 443 g/mol. The first-order valence-corrected chi connectivity index (χ1v) is 12.5. The molecule has 1 fully saturated rings. The third kappa shape index (κ3) is 5.55. The number of rotatable bonds is 7. The van der Waals surface area contributed by atoms with E-state index in [4.69, 9.17) is 16.3 Å². The number of carbonyl (C=O) groups is 1. The smallest absolute Gasteiger partial charge is 0.263 e. The van der Waals surface area contributed by atoms with E-state index in [2.05, 4.69) is 17.1 Å². The molecule has 0 saturated carbocycles. The lowest BCUT2D eigenvalue weighted by Crippen LogP contribution is -2.50. The number of nitrogens with zero attached hydrogens (tertiary/aromatic N) is 2. The van der Waals surface area contributed by atoms with Gasteiger partial charge < -0.3 is 15.0 Å². The Morgan fingerprint density at radius 1 is 1.34 bits per heavy atom. The van der Waals surface area contributed by atoms with Crippen LogP contribution in [0, 0.1) is 0 Å². The summed E-state index contributed by atoms with van der Waals surface area (Å²) in [5.74, 6) is 0.0373. The summed E-state index contributed by atoms with van der Waals surface area (Å²) in [6.45, 7) is 4.78. The number of benzene rings is 1. The number of hydrogen-bond donors (Lipinski definition) is 1. The number of ether oxygens (including phenoxy) is 1. The molecule has 29 heavy (non-hydrogen) atoms. The average molecular weight is 444 g/mol. The van der Waals surface area contributed by atoms with E-state index in [0.29, 0.717) is 29.0 Å². The van der Waals surface area contributed by atoms with Crippen LogP contribution in [-0.4, -0.2) is 63.8 Å². The third-order valence-electron chi connectivity index (χ3n) is 5.62. The lowest BCUT2D eigenvalue weighted by Gasteiger charge is -2.35. The predicted molar refractivity (Wildman–Crippen MR) is 115 cm³/mol.